The van der Waals surface area contributed by atoms with Crippen LogP contribution in [0.5, 0.6) is 0 Å². The van der Waals surface area contributed by atoms with Crippen molar-refractivity contribution >= 4 is 23.4 Å². The minimum absolute atomic E-state index is 0.699. The molecule has 0 saturated carbocycles. The first-order valence-electron chi connectivity index (χ1n) is 8.55. The molecule has 124 valence electrons. The zero-order valence-electron chi connectivity index (χ0n) is 13.7. The third-order valence-electron chi connectivity index (χ3n) is 4.92. The average molecular weight is 332 g/mol. The van der Waals surface area contributed by atoms with Crippen LogP contribution >= 0.6 is 11.8 Å². The van der Waals surface area contributed by atoms with Crippen LogP contribution in [0.4, 0.5) is 5.82 Å². The van der Waals surface area contributed by atoms with E-state index in [-0.39, 0.29) is 0 Å². The van der Waals surface area contributed by atoms with E-state index >= 15 is 0 Å². The average Bonchev–Trinajstić information content (AvgIpc) is 2.90. The van der Waals surface area contributed by atoms with E-state index in [1.165, 1.54) is 37.3 Å². The van der Waals surface area contributed by atoms with Crippen molar-refractivity contribution < 1.29 is 0 Å². The maximum absolute atomic E-state index is 4.45. The van der Waals surface area contributed by atoms with Gasteiger partial charge >= 0.3 is 0 Å². The molecule has 7 heteroatoms. The van der Waals surface area contributed by atoms with Crippen LogP contribution in [0.3, 0.4) is 0 Å². The quantitative estimate of drug-likeness (QED) is 0.836. The Balaban J connectivity index is 1.52. The van der Waals surface area contributed by atoms with Gasteiger partial charge in [0.25, 0.3) is 5.78 Å². The summed E-state index contributed by atoms with van der Waals surface area (Å²) in [4.78, 5) is 13.9. The molecule has 0 radical (unpaired) electrons. The first kappa shape index (κ1) is 15.2. The summed E-state index contributed by atoms with van der Waals surface area (Å²) in [6.07, 6.45) is 5.51. The third-order valence-corrected chi connectivity index (χ3v) is 5.97. The van der Waals surface area contributed by atoms with Gasteiger partial charge < -0.3 is 4.90 Å². The number of rotatable bonds is 2. The van der Waals surface area contributed by atoms with Crippen molar-refractivity contribution in [1.29, 1.82) is 0 Å². The first-order valence-corrected chi connectivity index (χ1v) is 9.71. The number of aromatic nitrogens is 4. The van der Waals surface area contributed by atoms with E-state index in [4.69, 9.17) is 0 Å². The summed E-state index contributed by atoms with van der Waals surface area (Å²) in [7, 11) is 0. The highest BCUT2D eigenvalue weighted by Gasteiger charge is 2.24. The van der Waals surface area contributed by atoms with E-state index < -0.39 is 0 Å². The van der Waals surface area contributed by atoms with Crippen LogP contribution in [0.2, 0.25) is 0 Å². The first-order chi connectivity index (χ1) is 11.3. The summed E-state index contributed by atoms with van der Waals surface area (Å²) in [5.41, 5.74) is 1.01. The van der Waals surface area contributed by atoms with E-state index in [0.29, 0.717) is 5.78 Å². The summed E-state index contributed by atoms with van der Waals surface area (Å²) in [5, 5.41) is 4.36. The Kier molecular flexibility index (Phi) is 4.39. The lowest BCUT2D eigenvalue weighted by Gasteiger charge is -2.33. The maximum atomic E-state index is 4.45. The smallest absolute Gasteiger partial charge is 0.254 e. The van der Waals surface area contributed by atoms with E-state index in [0.717, 1.165) is 37.2 Å². The molecule has 0 unspecified atom stereocenters. The number of hydrogen-bond acceptors (Lipinski definition) is 6. The minimum Gasteiger partial charge on any atom is -0.355 e. The lowest BCUT2D eigenvalue weighted by Crippen LogP contribution is -2.40. The summed E-state index contributed by atoms with van der Waals surface area (Å²) in [5.74, 6) is 4.48. The lowest BCUT2D eigenvalue weighted by molar-refractivity contribution is 0.198. The Labute approximate surface area is 141 Å². The van der Waals surface area contributed by atoms with Crippen molar-refractivity contribution in [1.82, 2.24) is 24.5 Å². The van der Waals surface area contributed by atoms with Crippen molar-refractivity contribution in [2.45, 2.75) is 32.2 Å². The molecule has 4 rings (SSSR count). The Morgan fingerprint density at radius 3 is 2.87 bits per heavy atom. The zero-order chi connectivity index (χ0) is 15.6. The van der Waals surface area contributed by atoms with Gasteiger partial charge in [-0.15, -0.1) is 0 Å². The van der Waals surface area contributed by atoms with Gasteiger partial charge in [-0.25, -0.2) is 4.98 Å². The lowest BCUT2D eigenvalue weighted by atomic mass is 10.1. The Bertz CT molecular complexity index is 666. The van der Waals surface area contributed by atoms with Crippen molar-refractivity contribution in [2.24, 2.45) is 0 Å². The molecule has 2 aliphatic heterocycles. The second-order valence-corrected chi connectivity index (χ2v) is 7.67. The van der Waals surface area contributed by atoms with Gasteiger partial charge in [0.05, 0.1) is 0 Å². The number of fused-ring (bicyclic) bond motifs is 1. The van der Waals surface area contributed by atoms with Crippen LogP contribution in [0.25, 0.3) is 5.78 Å². The molecule has 0 aromatic carbocycles. The van der Waals surface area contributed by atoms with E-state index in [1.54, 1.807) is 6.33 Å². The zero-order valence-corrected chi connectivity index (χ0v) is 14.5. The molecule has 2 aromatic heterocycles. The molecule has 2 fully saturated rings. The molecule has 4 heterocycles. The van der Waals surface area contributed by atoms with E-state index in [2.05, 4.69) is 42.7 Å². The molecule has 0 amide bonds. The standard InChI is InChI=1S/C16H24N6S/c1-13-11-15(22-16(19-13)17-12-18-22)21-6-2-5-20(7-8-21)14-3-9-23-10-4-14/h11-12,14H,2-10H2,1H3. The predicted octanol–water partition coefficient (Wildman–Crippen LogP) is 1.84. The molecule has 0 aliphatic carbocycles. The van der Waals surface area contributed by atoms with E-state index in [9.17, 15) is 0 Å². The fraction of sp³-hybridized carbons (Fsp3) is 0.688. The third kappa shape index (κ3) is 3.17. The molecule has 0 bridgehead atoms. The minimum atomic E-state index is 0.699. The molecule has 2 aromatic rings. The monoisotopic (exact) mass is 332 g/mol. The van der Waals surface area contributed by atoms with Gasteiger partial charge in [0.15, 0.2) is 0 Å². The van der Waals surface area contributed by atoms with Crippen LogP contribution in [0, 0.1) is 6.92 Å². The molecule has 2 saturated heterocycles. The summed E-state index contributed by atoms with van der Waals surface area (Å²) >= 11 is 2.11. The van der Waals surface area contributed by atoms with Crippen molar-refractivity contribution in [2.75, 3.05) is 42.6 Å². The van der Waals surface area contributed by atoms with Crippen LogP contribution < -0.4 is 4.90 Å². The number of thioether (sulfide) groups is 1. The van der Waals surface area contributed by atoms with Crippen molar-refractivity contribution in [3.63, 3.8) is 0 Å². The second-order valence-electron chi connectivity index (χ2n) is 6.45. The number of nitrogens with zero attached hydrogens (tertiary/aromatic N) is 6. The van der Waals surface area contributed by atoms with Gasteiger partial charge in [-0.3, -0.25) is 4.90 Å². The highest BCUT2D eigenvalue weighted by molar-refractivity contribution is 7.99. The highest BCUT2D eigenvalue weighted by Crippen LogP contribution is 2.24. The molecule has 23 heavy (non-hydrogen) atoms. The highest BCUT2D eigenvalue weighted by atomic mass is 32.2. The normalized spacial score (nSPS) is 21.7. The summed E-state index contributed by atoms with van der Waals surface area (Å²) in [6.45, 7) is 6.53. The van der Waals surface area contributed by atoms with Gasteiger partial charge in [-0.2, -0.15) is 26.4 Å². The molecular formula is C16H24N6S. The predicted molar refractivity (Wildman–Crippen MR) is 94.3 cm³/mol. The summed E-state index contributed by atoms with van der Waals surface area (Å²) < 4.78 is 1.87. The van der Waals surface area contributed by atoms with Crippen LogP contribution in [0.1, 0.15) is 25.0 Å². The van der Waals surface area contributed by atoms with Gasteiger partial charge in [-0.1, -0.05) is 0 Å². The van der Waals surface area contributed by atoms with Gasteiger partial charge in [0.1, 0.15) is 12.1 Å². The number of hydrogen-bond donors (Lipinski definition) is 0. The second kappa shape index (κ2) is 6.65. The molecule has 6 nitrogen and oxygen atoms in total. The fourth-order valence-electron chi connectivity index (χ4n) is 3.72. The van der Waals surface area contributed by atoms with Crippen LogP contribution in [0.15, 0.2) is 12.4 Å². The molecular weight excluding hydrogens is 308 g/mol. The van der Waals surface area contributed by atoms with Crippen LogP contribution in [-0.2, 0) is 0 Å². The topological polar surface area (TPSA) is 49.6 Å². The Hall–Kier alpha value is -1.34. The molecule has 0 atom stereocenters. The Morgan fingerprint density at radius 1 is 1.13 bits per heavy atom. The Morgan fingerprint density at radius 2 is 2.00 bits per heavy atom. The maximum Gasteiger partial charge on any atom is 0.254 e. The summed E-state index contributed by atoms with van der Waals surface area (Å²) in [6, 6.07) is 2.93. The van der Waals surface area contributed by atoms with Crippen LogP contribution in [-0.4, -0.2) is 68.2 Å². The molecule has 2 aliphatic rings. The molecule has 0 spiro atoms. The fourth-order valence-corrected chi connectivity index (χ4v) is 4.80. The van der Waals surface area contributed by atoms with E-state index in [1.807, 2.05) is 11.4 Å². The van der Waals surface area contributed by atoms with Gasteiger partial charge in [0.2, 0.25) is 0 Å². The number of aryl methyl sites for hydroxylation is 1. The van der Waals surface area contributed by atoms with Gasteiger partial charge in [-0.05, 0) is 37.7 Å². The van der Waals surface area contributed by atoms with Crippen molar-refractivity contribution in [3.8, 4) is 0 Å². The number of anilines is 1. The SMILES string of the molecule is Cc1cc(N2CCCN(C3CCSCC3)CC2)n2ncnc2n1. The molecule has 0 N–H and O–H groups in total. The van der Waals surface area contributed by atoms with Crippen molar-refractivity contribution in [3.05, 3.63) is 18.1 Å². The van der Waals surface area contributed by atoms with Gasteiger partial charge in [0, 0.05) is 44.0 Å². The largest absolute Gasteiger partial charge is 0.355 e.